The molecule has 0 atom stereocenters. The minimum absolute atomic E-state index is 0.790. The Labute approximate surface area is 101 Å². The van der Waals surface area contributed by atoms with Gasteiger partial charge in [-0.25, -0.2) is 0 Å². The maximum Gasteiger partial charge on any atom is 0.0758 e. The van der Waals surface area contributed by atoms with Crippen LogP contribution >= 0.6 is 0 Å². The number of nitrogens with one attached hydrogen (secondary N) is 1. The van der Waals surface area contributed by atoms with Crippen molar-refractivity contribution in [1.82, 2.24) is 19.6 Å². The van der Waals surface area contributed by atoms with Crippen LogP contribution in [-0.4, -0.2) is 19.6 Å². The number of hydrogen-bond donors (Lipinski definition) is 1. The van der Waals surface area contributed by atoms with Crippen LogP contribution in [0.25, 0.3) is 0 Å². The molecule has 92 valence electrons. The van der Waals surface area contributed by atoms with E-state index in [0.29, 0.717) is 0 Å². The Morgan fingerprint density at radius 3 is 2.47 bits per heavy atom. The standard InChI is InChI=1S/C12H19N5/c1-5-17-9(2)11(7-15-17)6-13-12-8-14-16(4)10(12)3/h7-8,13H,5-6H2,1-4H3. The van der Waals surface area contributed by atoms with E-state index < -0.39 is 0 Å². The summed E-state index contributed by atoms with van der Waals surface area (Å²) in [6.45, 7) is 7.96. The Morgan fingerprint density at radius 1 is 1.18 bits per heavy atom. The van der Waals surface area contributed by atoms with Crippen LogP contribution in [0.4, 0.5) is 5.69 Å². The minimum Gasteiger partial charge on any atom is -0.378 e. The summed E-state index contributed by atoms with van der Waals surface area (Å²) in [5, 5.41) is 11.9. The van der Waals surface area contributed by atoms with Crippen molar-refractivity contribution >= 4 is 5.69 Å². The Kier molecular flexibility index (Phi) is 3.17. The molecule has 0 aliphatic heterocycles. The number of aromatic nitrogens is 4. The average molecular weight is 233 g/mol. The molecule has 0 radical (unpaired) electrons. The zero-order chi connectivity index (χ0) is 12.4. The summed E-state index contributed by atoms with van der Waals surface area (Å²) >= 11 is 0. The van der Waals surface area contributed by atoms with E-state index in [2.05, 4.69) is 36.3 Å². The maximum atomic E-state index is 4.33. The molecule has 0 spiro atoms. The third kappa shape index (κ3) is 2.18. The quantitative estimate of drug-likeness (QED) is 0.877. The van der Waals surface area contributed by atoms with Crippen molar-refractivity contribution in [2.45, 2.75) is 33.9 Å². The molecule has 2 rings (SSSR count). The first kappa shape index (κ1) is 11.7. The van der Waals surface area contributed by atoms with E-state index in [-0.39, 0.29) is 0 Å². The van der Waals surface area contributed by atoms with Crippen LogP contribution < -0.4 is 5.32 Å². The molecule has 5 nitrogen and oxygen atoms in total. The minimum atomic E-state index is 0.790. The monoisotopic (exact) mass is 233 g/mol. The molecule has 0 aromatic carbocycles. The third-order valence-electron chi connectivity index (χ3n) is 3.21. The Morgan fingerprint density at radius 2 is 1.94 bits per heavy atom. The lowest BCUT2D eigenvalue weighted by Crippen LogP contribution is -2.03. The molecule has 5 heteroatoms. The van der Waals surface area contributed by atoms with Crippen molar-refractivity contribution in [3.63, 3.8) is 0 Å². The van der Waals surface area contributed by atoms with Gasteiger partial charge in [0.15, 0.2) is 0 Å². The van der Waals surface area contributed by atoms with Gasteiger partial charge >= 0.3 is 0 Å². The lowest BCUT2D eigenvalue weighted by Gasteiger charge is -2.05. The molecular formula is C12H19N5. The van der Waals surface area contributed by atoms with Gasteiger partial charge in [-0.05, 0) is 20.8 Å². The molecule has 0 amide bonds. The van der Waals surface area contributed by atoms with Crippen LogP contribution in [0.15, 0.2) is 12.4 Å². The van der Waals surface area contributed by atoms with Crippen LogP contribution in [0.1, 0.15) is 23.9 Å². The second-order valence-corrected chi connectivity index (χ2v) is 4.19. The van der Waals surface area contributed by atoms with Gasteiger partial charge < -0.3 is 5.32 Å². The highest BCUT2D eigenvalue weighted by atomic mass is 15.3. The fourth-order valence-electron chi connectivity index (χ4n) is 1.84. The molecule has 0 aliphatic rings. The average Bonchev–Trinajstić information content (AvgIpc) is 2.83. The Bertz CT molecular complexity index is 509. The van der Waals surface area contributed by atoms with Gasteiger partial charge in [0.2, 0.25) is 0 Å². The highest BCUT2D eigenvalue weighted by molar-refractivity contribution is 5.46. The summed E-state index contributed by atoms with van der Waals surface area (Å²) in [4.78, 5) is 0. The van der Waals surface area contributed by atoms with Gasteiger partial charge in [0.25, 0.3) is 0 Å². The molecule has 1 N–H and O–H groups in total. The van der Waals surface area contributed by atoms with E-state index in [0.717, 1.165) is 24.5 Å². The number of hydrogen-bond acceptors (Lipinski definition) is 3. The van der Waals surface area contributed by atoms with Crippen molar-refractivity contribution in [2.75, 3.05) is 5.32 Å². The number of aryl methyl sites for hydroxylation is 2. The number of nitrogens with zero attached hydrogens (tertiary/aromatic N) is 4. The fourth-order valence-corrected chi connectivity index (χ4v) is 1.84. The molecule has 0 bridgehead atoms. The van der Waals surface area contributed by atoms with Crippen molar-refractivity contribution < 1.29 is 0 Å². The van der Waals surface area contributed by atoms with Crippen LogP contribution in [0.2, 0.25) is 0 Å². The third-order valence-corrected chi connectivity index (χ3v) is 3.21. The Balaban J connectivity index is 2.07. The summed E-state index contributed by atoms with van der Waals surface area (Å²) in [7, 11) is 1.95. The predicted molar refractivity (Wildman–Crippen MR) is 67.9 cm³/mol. The highest BCUT2D eigenvalue weighted by Gasteiger charge is 2.07. The first-order valence-electron chi connectivity index (χ1n) is 5.87. The Hall–Kier alpha value is -1.78. The first-order chi connectivity index (χ1) is 8.13. The fraction of sp³-hybridized carbons (Fsp3) is 0.500. The summed E-state index contributed by atoms with van der Waals surface area (Å²) in [5.74, 6) is 0. The summed E-state index contributed by atoms with van der Waals surface area (Å²) in [6.07, 6.45) is 3.78. The van der Waals surface area contributed by atoms with Crippen molar-refractivity contribution in [3.05, 3.63) is 29.3 Å². The molecular weight excluding hydrogens is 214 g/mol. The maximum absolute atomic E-state index is 4.33. The molecule has 0 fully saturated rings. The van der Waals surface area contributed by atoms with Crippen LogP contribution in [0.3, 0.4) is 0 Å². The molecule has 0 unspecified atom stereocenters. The topological polar surface area (TPSA) is 47.7 Å². The van der Waals surface area contributed by atoms with E-state index in [1.54, 1.807) is 0 Å². The van der Waals surface area contributed by atoms with Crippen LogP contribution in [0, 0.1) is 13.8 Å². The summed E-state index contributed by atoms with van der Waals surface area (Å²) in [5.41, 5.74) is 4.68. The largest absolute Gasteiger partial charge is 0.378 e. The van der Waals surface area contributed by atoms with Gasteiger partial charge in [0.1, 0.15) is 0 Å². The first-order valence-corrected chi connectivity index (χ1v) is 5.87. The van der Waals surface area contributed by atoms with Crippen molar-refractivity contribution in [2.24, 2.45) is 7.05 Å². The van der Waals surface area contributed by atoms with Gasteiger partial charge in [-0.3, -0.25) is 9.36 Å². The SMILES string of the molecule is CCn1ncc(CNc2cnn(C)c2C)c1C. The molecule has 17 heavy (non-hydrogen) atoms. The van der Waals surface area contributed by atoms with Crippen molar-refractivity contribution in [3.8, 4) is 0 Å². The molecule has 2 heterocycles. The molecule has 0 saturated carbocycles. The normalized spacial score (nSPS) is 10.8. The van der Waals surface area contributed by atoms with E-state index in [1.165, 1.54) is 11.3 Å². The van der Waals surface area contributed by atoms with Gasteiger partial charge in [-0.1, -0.05) is 0 Å². The zero-order valence-corrected chi connectivity index (χ0v) is 10.9. The number of rotatable bonds is 4. The van der Waals surface area contributed by atoms with Gasteiger partial charge in [-0.15, -0.1) is 0 Å². The molecule has 0 saturated heterocycles. The van der Waals surface area contributed by atoms with Crippen LogP contribution in [0.5, 0.6) is 0 Å². The van der Waals surface area contributed by atoms with Gasteiger partial charge in [-0.2, -0.15) is 10.2 Å². The van der Waals surface area contributed by atoms with Gasteiger partial charge in [0, 0.05) is 31.4 Å². The predicted octanol–water partition coefficient (Wildman–Crippen LogP) is 1.87. The second kappa shape index (κ2) is 4.61. The zero-order valence-electron chi connectivity index (χ0n) is 10.9. The van der Waals surface area contributed by atoms with E-state index in [4.69, 9.17) is 0 Å². The number of anilines is 1. The molecule has 0 aliphatic carbocycles. The second-order valence-electron chi connectivity index (χ2n) is 4.19. The van der Waals surface area contributed by atoms with Gasteiger partial charge in [0.05, 0.1) is 23.8 Å². The highest BCUT2D eigenvalue weighted by Crippen LogP contribution is 2.15. The lowest BCUT2D eigenvalue weighted by molar-refractivity contribution is 0.638. The van der Waals surface area contributed by atoms with E-state index in [9.17, 15) is 0 Å². The van der Waals surface area contributed by atoms with E-state index >= 15 is 0 Å². The van der Waals surface area contributed by atoms with Crippen LogP contribution in [-0.2, 0) is 20.1 Å². The molecule has 2 aromatic heterocycles. The summed E-state index contributed by atoms with van der Waals surface area (Å²) in [6, 6.07) is 0. The van der Waals surface area contributed by atoms with E-state index in [1.807, 2.05) is 28.8 Å². The smallest absolute Gasteiger partial charge is 0.0758 e. The van der Waals surface area contributed by atoms with Crippen molar-refractivity contribution in [1.29, 1.82) is 0 Å². The summed E-state index contributed by atoms with van der Waals surface area (Å²) < 4.78 is 3.87. The molecule has 2 aromatic rings. The lowest BCUT2D eigenvalue weighted by atomic mass is 10.2.